The van der Waals surface area contributed by atoms with Crippen molar-refractivity contribution in [3.63, 3.8) is 0 Å². The van der Waals surface area contributed by atoms with Crippen LogP contribution in [-0.2, 0) is 14.3 Å². The van der Waals surface area contributed by atoms with Crippen molar-refractivity contribution in [2.45, 2.75) is 38.5 Å². The molecule has 0 spiro atoms. The van der Waals surface area contributed by atoms with E-state index in [9.17, 15) is 4.79 Å². The number of carbonyl (C=O) groups is 1. The molecule has 0 amide bonds. The standard InChI is InChI=1S/C15H20O4/c16-10-11-18-15(17)9-8-12-4-3-7-14(12)19-13-5-1-2-6-13/h5,8-9,16H,1-4,6-7,10-11H2. The van der Waals surface area contributed by atoms with Crippen LogP contribution in [0.4, 0.5) is 0 Å². The zero-order valence-electron chi connectivity index (χ0n) is 11.1. The molecule has 0 bridgehead atoms. The molecule has 0 unspecified atom stereocenters. The molecule has 0 aliphatic heterocycles. The maximum absolute atomic E-state index is 11.3. The Hall–Kier alpha value is -1.55. The summed E-state index contributed by atoms with van der Waals surface area (Å²) in [4.78, 5) is 11.3. The zero-order valence-corrected chi connectivity index (χ0v) is 11.1. The van der Waals surface area contributed by atoms with Crippen LogP contribution < -0.4 is 0 Å². The van der Waals surface area contributed by atoms with Crippen molar-refractivity contribution in [3.05, 3.63) is 35.3 Å². The quantitative estimate of drug-likeness (QED) is 0.592. The molecule has 0 aromatic carbocycles. The lowest BCUT2D eigenvalue weighted by atomic mass is 10.2. The number of esters is 1. The van der Waals surface area contributed by atoms with Crippen molar-refractivity contribution >= 4 is 5.97 Å². The van der Waals surface area contributed by atoms with Crippen LogP contribution in [0.5, 0.6) is 0 Å². The number of rotatable bonds is 6. The molecule has 2 rings (SSSR count). The van der Waals surface area contributed by atoms with Crippen LogP contribution in [-0.4, -0.2) is 24.3 Å². The van der Waals surface area contributed by atoms with Gasteiger partial charge in [0.1, 0.15) is 12.4 Å². The average molecular weight is 264 g/mol. The average Bonchev–Trinajstić information content (AvgIpc) is 3.06. The summed E-state index contributed by atoms with van der Waals surface area (Å²) in [6, 6.07) is 0. The fourth-order valence-electron chi connectivity index (χ4n) is 2.29. The minimum Gasteiger partial charge on any atom is -0.466 e. The van der Waals surface area contributed by atoms with Gasteiger partial charge >= 0.3 is 5.97 Å². The van der Waals surface area contributed by atoms with E-state index in [4.69, 9.17) is 14.6 Å². The Labute approximate surface area is 113 Å². The van der Waals surface area contributed by atoms with Gasteiger partial charge in [-0.25, -0.2) is 4.79 Å². The second-order valence-corrected chi connectivity index (χ2v) is 4.69. The van der Waals surface area contributed by atoms with Gasteiger partial charge in [0.2, 0.25) is 0 Å². The van der Waals surface area contributed by atoms with Crippen molar-refractivity contribution in [1.82, 2.24) is 0 Å². The Morgan fingerprint density at radius 1 is 1.32 bits per heavy atom. The van der Waals surface area contributed by atoms with Crippen LogP contribution in [0.2, 0.25) is 0 Å². The molecule has 2 aliphatic carbocycles. The van der Waals surface area contributed by atoms with Crippen LogP contribution in [0, 0.1) is 0 Å². The van der Waals surface area contributed by atoms with Crippen molar-refractivity contribution in [2.75, 3.05) is 13.2 Å². The second kappa shape index (κ2) is 7.14. The number of aliphatic hydroxyl groups is 1. The molecule has 0 radical (unpaired) electrons. The van der Waals surface area contributed by atoms with Crippen LogP contribution in [0.15, 0.2) is 35.3 Å². The van der Waals surface area contributed by atoms with E-state index < -0.39 is 5.97 Å². The summed E-state index contributed by atoms with van der Waals surface area (Å²) in [5.41, 5.74) is 1.08. The lowest BCUT2D eigenvalue weighted by molar-refractivity contribution is -0.138. The highest BCUT2D eigenvalue weighted by atomic mass is 16.5. The fraction of sp³-hybridized carbons (Fsp3) is 0.533. The van der Waals surface area contributed by atoms with Gasteiger partial charge in [-0.05, 0) is 43.4 Å². The number of hydrogen-bond acceptors (Lipinski definition) is 4. The number of allylic oxidation sites excluding steroid dienone is 5. The van der Waals surface area contributed by atoms with Gasteiger partial charge in [0.15, 0.2) is 0 Å². The zero-order chi connectivity index (χ0) is 13.5. The van der Waals surface area contributed by atoms with Crippen molar-refractivity contribution in [3.8, 4) is 0 Å². The summed E-state index contributed by atoms with van der Waals surface area (Å²) in [7, 11) is 0. The normalized spacial score (nSPS) is 19.1. The summed E-state index contributed by atoms with van der Waals surface area (Å²) in [5, 5.41) is 8.56. The molecular formula is C15H20O4. The first-order chi connectivity index (χ1) is 9.29. The molecular weight excluding hydrogens is 244 g/mol. The molecule has 19 heavy (non-hydrogen) atoms. The van der Waals surface area contributed by atoms with Gasteiger partial charge in [0, 0.05) is 18.9 Å². The smallest absolute Gasteiger partial charge is 0.330 e. The molecule has 0 aromatic rings. The Kier molecular flexibility index (Phi) is 5.21. The summed E-state index contributed by atoms with van der Waals surface area (Å²) in [5.74, 6) is 1.62. The van der Waals surface area contributed by atoms with Crippen molar-refractivity contribution in [1.29, 1.82) is 0 Å². The van der Waals surface area contributed by atoms with E-state index in [-0.39, 0.29) is 13.2 Å². The SMILES string of the molecule is O=C(C=CC1=C(OC2=CCCC2)CCC1)OCCO. The number of aliphatic hydroxyl groups excluding tert-OH is 1. The van der Waals surface area contributed by atoms with Gasteiger partial charge in [-0.1, -0.05) is 0 Å². The van der Waals surface area contributed by atoms with Crippen LogP contribution in [0.1, 0.15) is 38.5 Å². The summed E-state index contributed by atoms with van der Waals surface area (Å²) >= 11 is 0. The molecule has 0 fully saturated rings. The lowest BCUT2D eigenvalue weighted by Crippen LogP contribution is -2.05. The molecule has 0 atom stereocenters. The van der Waals surface area contributed by atoms with E-state index in [1.165, 1.54) is 12.5 Å². The van der Waals surface area contributed by atoms with E-state index >= 15 is 0 Å². The third kappa shape index (κ3) is 4.24. The van der Waals surface area contributed by atoms with E-state index in [2.05, 4.69) is 6.08 Å². The Balaban J connectivity index is 1.92. The number of ether oxygens (including phenoxy) is 2. The third-order valence-electron chi connectivity index (χ3n) is 3.22. The van der Waals surface area contributed by atoms with E-state index in [1.54, 1.807) is 6.08 Å². The van der Waals surface area contributed by atoms with Gasteiger partial charge in [0.05, 0.1) is 12.4 Å². The third-order valence-corrected chi connectivity index (χ3v) is 3.22. The first kappa shape index (κ1) is 13.9. The Morgan fingerprint density at radius 2 is 2.21 bits per heavy atom. The van der Waals surface area contributed by atoms with Gasteiger partial charge in [-0.3, -0.25) is 0 Å². The molecule has 4 nitrogen and oxygen atoms in total. The van der Waals surface area contributed by atoms with Crippen LogP contribution >= 0.6 is 0 Å². The van der Waals surface area contributed by atoms with Crippen molar-refractivity contribution in [2.24, 2.45) is 0 Å². The molecule has 0 saturated carbocycles. The van der Waals surface area contributed by atoms with Gasteiger partial charge in [0.25, 0.3) is 0 Å². The highest BCUT2D eigenvalue weighted by Gasteiger charge is 2.17. The molecule has 4 heteroatoms. The molecule has 104 valence electrons. The minimum absolute atomic E-state index is 0.0401. The summed E-state index contributed by atoms with van der Waals surface area (Å²) in [6.45, 7) is -0.108. The summed E-state index contributed by atoms with van der Waals surface area (Å²) in [6.07, 6.45) is 11.5. The maximum atomic E-state index is 11.3. The minimum atomic E-state index is -0.423. The topological polar surface area (TPSA) is 55.8 Å². The Morgan fingerprint density at radius 3 is 2.95 bits per heavy atom. The number of carbonyl (C=O) groups excluding carboxylic acids is 1. The van der Waals surface area contributed by atoms with Crippen LogP contribution in [0.3, 0.4) is 0 Å². The first-order valence-corrected chi connectivity index (χ1v) is 6.84. The largest absolute Gasteiger partial charge is 0.466 e. The van der Waals surface area contributed by atoms with E-state index in [0.717, 1.165) is 49.2 Å². The summed E-state index contributed by atoms with van der Waals surface area (Å²) < 4.78 is 10.7. The van der Waals surface area contributed by atoms with Gasteiger partial charge in [-0.15, -0.1) is 0 Å². The first-order valence-electron chi connectivity index (χ1n) is 6.84. The van der Waals surface area contributed by atoms with Crippen molar-refractivity contribution < 1.29 is 19.4 Å². The molecule has 0 saturated heterocycles. The van der Waals surface area contributed by atoms with Gasteiger partial charge in [-0.2, -0.15) is 0 Å². The predicted molar refractivity (Wildman–Crippen MR) is 71.1 cm³/mol. The highest BCUT2D eigenvalue weighted by Crippen LogP contribution is 2.32. The van der Waals surface area contributed by atoms with Crippen LogP contribution in [0.25, 0.3) is 0 Å². The second-order valence-electron chi connectivity index (χ2n) is 4.69. The maximum Gasteiger partial charge on any atom is 0.330 e. The molecule has 0 heterocycles. The molecule has 2 aliphatic rings. The molecule has 0 aromatic heterocycles. The predicted octanol–water partition coefficient (Wildman–Crippen LogP) is 2.60. The Bertz CT molecular complexity index is 418. The fourth-order valence-corrected chi connectivity index (χ4v) is 2.29. The highest BCUT2D eigenvalue weighted by molar-refractivity contribution is 5.82. The molecule has 1 N–H and O–H groups in total. The van der Waals surface area contributed by atoms with E-state index in [1.807, 2.05) is 0 Å². The van der Waals surface area contributed by atoms with Gasteiger partial charge < -0.3 is 14.6 Å². The number of hydrogen-bond donors (Lipinski definition) is 1. The lowest BCUT2D eigenvalue weighted by Gasteiger charge is -2.08. The monoisotopic (exact) mass is 264 g/mol. The van der Waals surface area contributed by atoms with E-state index in [0.29, 0.717) is 0 Å².